The van der Waals surface area contributed by atoms with Gasteiger partial charge in [-0.05, 0) is 37.5 Å². The van der Waals surface area contributed by atoms with Crippen molar-refractivity contribution in [2.75, 3.05) is 37.6 Å². The first-order chi connectivity index (χ1) is 16.2. The summed E-state index contributed by atoms with van der Waals surface area (Å²) in [4.78, 5) is 29.0. The quantitative estimate of drug-likeness (QED) is 0.667. The van der Waals surface area contributed by atoms with Gasteiger partial charge in [0.1, 0.15) is 5.82 Å². The van der Waals surface area contributed by atoms with Crippen LogP contribution in [-0.2, 0) is 6.54 Å². The number of fused-ring (bicyclic) bond motifs is 1. The molecular formula is C26H32N6O. The SMILES string of the molecule is C[C@@H]1CN(c2cnc3ccccc3n2)CCN1C(=O)NC1CCN(Cc2ccccc2)CC1. The van der Waals surface area contributed by atoms with Gasteiger partial charge in [0.05, 0.1) is 17.2 Å². The summed E-state index contributed by atoms with van der Waals surface area (Å²) < 4.78 is 0. The highest BCUT2D eigenvalue weighted by Gasteiger charge is 2.30. The molecule has 2 aliphatic heterocycles. The fourth-order valence-corrected chi connectivity index (χ4v) is 4.90. The molecule has 1 atom stereocenters. The summed E-state index contributed by atoms with van der Waals surface area (Å²) in [6, 6.07) is 19.0. The number of anilines is 1. The topological polar surface area (TPSA) is 64.6 Å². The number of rotatable bonds is 4. The van der Waals surface area contributed by atoms with Crippen molar-refractivity contribution >= 4 is 22.9 Å². The summed E-state index contributed by atoms with van der Waals surface area (Å²) in [6.45, 7) is 7.35. The van der Waals surface area contributed by atoms with Gasteiger partial charge in [0.2, 0.25) is 0 Å². The Balaban J connectivity index is 1.11. The molecule has 1 aromatic heterocycles. The van der Waals surface area contributed by atoms with Gasteiger partial charge >= 0.3 is 6.03 Å². The summed E-state index contributed by atoms with van der Waals surface area (Å²) >= 11 is 0. The molecule has 0 aliphatic carbocycles. The van der Waals surface area contributed by atoms with Crippen molar-refractivity contribution in [2.45, 2.75) is 38.4 Å². The van der Waals surface area contributed by atoms with Crippen LogP contribution < -0.4 is 10.2 Å². The first-order valence-corrected chi connectivity index (χ1v) is 12.0. The Labute approximate surface area is 195 Å². The van der Waals surface area contributed by atoms with Crippen molar-refractivity contribution in [1.82, 2.24) is 25.1 Å². The summed E-state index contributed by atoms with van der Waals surface area (Å²) in [5.74, 6) is 0.881. The summed E-state index contributed by atoms with van der Waals surface area (Å²) in [7, 11) is 0. The molecule has 3 heterocycles. The number of aromatic nitrogens is 2. The van der Waals surface area contributed by atoms with Crippen molar-refractivity contribution < 1.29 is 4.79 Å². The maximum Gasteiger partial charge on any atom is 0.317 e. The molecule has 0 spiro atoms. The molecule has 7 heteroatoms. The number of carbonyl (C=O) groups excluding carboxylic acids is 1. The molecule has 2 amide bonds. The molecule has 172 valence electrons. The predicted octanol–water partition coefficient (Wildman–Crippen LogP) is 3.51. The summed E-state index contributed by atoms with van der Waals surface area (Å²) in [5, 5.41) is 3.30. The van der Waals surface area contributed by atoms with Gasteiger partial charge in [-0.3, -0.25) is 9.88 Å². The highest BCUT2D eigenvalue weighted by atomic mass is 16.2. The molecule has 2 aromatic carbocycles. The second-order valence-electron chi connectivity index (χ2n) is 9.19. The number of benzene rings is 2. The van der Waals surface area contributed by atoms with E-state index in [0.29, 0.717) is 6.54 Å². The zero-order valence-electron chi connectivity index (χ0n) is 19.2. The molecule has 3 aromatic rings. The molecule has 1 N–H and O–H groups in total. The fraction of sp³-hybridized carbons (Fsp3) is 0.423. The molecule has 5 rings (SSSR count). The zero-order chi connectivity index (χ0) is 22.6. The van der Waals surface area contributed by atoms with E-state index in [4.69, 9.17) is 4.98 Å². The van der Waals surface area contributed by atoms with Crippen molar-refractivity contribution in [3.8, 4) is 0 Å². The molecule has 2 saturated heterocycles. The molecule has 7 nitrogen and oxygen atoms in total. The third kappa shape index (κ3) is 5.09. The minimum atomic E-state index is 0.0632. The van der Waals surface area contributed by atoms with Crippen molar-refractivity contribution in [3.05, 3.63) is 66.4 Å². The van der Waals surface area contributed by atoms with Crippen LogP contribution in [0.3, 0.4) is 0 Å². The molecule has 0 saturated carbocycles. The van der Waals surface area contributed by atoms with Crippen LogP contribution >= 0.6 is 0 Å². The Kier molecular flexibility index (Phi) is 6.39. The van der Waals surface area contributed by atoms with E-state index in [2.05, 4.69) is 57.4 Å². The Morgan fingerprint density at radius 3 is 2.45 bits per heavy atom. The minimum Gasteiger partial charge on any atom is -0.351 e. The van der Waals surface area contributed by atoms with Crippen molar-refractivity contribution in [2.24, 2.45) is 0 Å². The lowest BCUT2D eigenvalue weighted by Gasteiger charge is -2.41. The smallest absolute Gasteiger partial charge is 0.317 e. The molecule has 2 fully saturated rings. The van der Waals surface area contributed by atoms with Crippen LogP contribution in [0.25, 0.3) is 11.0 Å². The molecule has 0 radical (unpaired) electrons. The van der Waals surface area contributed by atoms with E-state index in [1.165, 1.54) is 5.56 Å². The van der Waals surface area contributed by atoms with Crippen LogP contribution in [-0.4, -0.2) is 70.6 Å². The van der Waals surface area contributed by atoms with Crippen molar-refractivity contribution in [1.29, 1.82) is 0 Å². The molecule has 0 bridgehead atoms. The predicted molar refractivity (Wildman–Crippen MR) is 131 cm³/mol. The number of hydrogen-bond acceptors (Lipinski definition) is 5. The van der Waals surface area contributed by atoms with Gasteiger partial charge in [0.15, 0.2) is 0 Å². The second-order valence-corrected chi connectivity index (χ2v) is 9.19. The maximum atomic E-state index is 13.0. The van der Waals surface area contributed by atoms with Crippen LogP contribution in [0, 0.1) is 0 Å². The van der Waals surface area contributed by atoms with Crippen LogP contribution in [0.2, 0.25) is 0 Å². The highest BCUT2D eigenvalue weighted by Crippen LogP contribution is 2.20. The van der Waals surface area contributed by atoms with E-state index in [9.17, 15) is 4.79 Å². The molecule has 33 heavy (non-hydrogen) atoms. The lowest BCUT2D eigenvalue weighted by atomic mass is 10.0. The van der Waals surface area contributed by atoms with Gasteiger partial charge in [0, 0.05) is 51.4 Å². The standard InChI is InChI=1S/C26H32N6O/c1-20-18-31(25-17-27-23-9-5-6-10-24(23)29-25)15-16-32(20)26(33)28-22-11-13-30(14-12-22)19-21-7-3-2-4-8-21/h2-10,17,20,22H,11-16,18-19H2,1H3,(H,28,33)/t20-/m1/s1. The van der Waals surface area contributed by atoms with Crippen LogP contribution in [0.15, 0.2) is 60.8 Å². The van der Waals surface area contributed by atoms with Gasteiger partial charge in [-0.1, -0.05) is 42.5 Å². The number of likely N-dealkylation sites (tertiary alicyclic amines) is 1. The fourth-order valence-electron chi connectivity index (χ4n) is 4.90. The van der Waals surface area contributed by atoms with Gasteiger partial charge in [-0.2, -0.15) is 0 Å². The third-order valence-electron chi connectivity index (χ3n) is 6.81. The van der Waals surface area contributed by atoms with E-state index < -0.39 is 0 Å². The number of nitrogens with zero attached hydrogens (tertiary/aromatic N) is 5. The van der Waals surface area contributed by atoms with Gasteiger partial charge in [-0.15, -0.1) is 0 Å². The van der Waals surface area contributed by atoms with Crippen molar-refractivity contribution in [3.63, 3.8) is 0 Å². The Morgan fingerprint density at radius 2 is 1.70 bits per heavy atom. The van der Waals surface area contributed by atoms with Gasteiger partial charge in [-0.25, -0.2) is 9.78 Å². The average molecular weight is 445 g/mol. The number of piperidine rings is 1. The highest BCUT2D eigenvalue weighted by molar-refractivity contribution is 5.76. The number of piperazine rings is 1. The Morgan fingerprint density at radius 1 is 0.970 bits per heavy atom. The number of para-hydroxylation sites is 2. The van der Waals surface area contributed by atoms with Gasteiger partial charge < -0.3 is 15.1 Å². The van der Waals surface area contributed by atoms with E-state index in [-0.39, 0.29) is 18.1 Å². The van der Waals surface area contributed by atoms with E-state index >= 15 is 0 Å². The summed E-state index contributed by atoms with van der Waals surface area (Å²) in [5.41, 5.74) is 3.16. The first-order valence-electron chi connectivity index (χ1n) is 12.0. The number of hydrogen-bond donors (Lipinski definition) is 1. The van der Waals surface area contributed by atoms with Crippen LogP contribution in [0.1, 0.15) is 25.3 Å². The molecular weight excluding hydrogens is 412 g/mol. The largest absolute Gasteiger partial charge is 0.351 e. The lowest BCUT2D eigenvalue weighted by molar-refractivity contribution is 0.152. The van der Waals surface area contributed by atoms with E-state index in [1.807, 2.05) is 35.4 Å². The molecule has 0 unspecified atom stereocenters. The van der Waals surface area contributed by atoms with E-state index in [0.717, 1.165) is 62.4 Å². The number of amides is 2. The van der Waals surface area contributed by atoms with Crippen LogP contribution in [0.4, 0.5) is 10.6 Å². The van der Waals surface area contributed by atoms with Gasteiger partial charge in [0.25, 0.3) is 0 Å². The number of urea groups is 1. The monoisotopic (exact) mass is 444 g/mol. The van der Waals surface area contributed by atoms with Crippen LogP contribution in [0.5, 0.6) is 0 Å². The second kappa shape index (κ2) is 9.75. The lowest BCUT2D eigenvalue weighted by Crippen LogP contribution is -2.58. The number of carbonyl (C=O) groups is 1. The minimum absolute atomic E-state index is 0.0632. The normalized spacial score (nSPS) is 20.2. The third-order valence-corrected chi connectivity index (χ3v) is 6.81. The Bertz CT molecular complexity index is 1080. The number of nitrogens with one attached hydrogen (secondary N) is 1. The Hall–Kier alpha value is -3.19. The maximum absolute atomic E-state index is 13.0. The average Bonchev–Trinajstić information content (AvgIpc) is 2.85. The summed E-state index contributed by atoms with van der Waals surface area (Å²) in [6.07, 6.45) is 3.84. The zero-order valence-corrected chi connectivity index (χ0v) is 19.2. The molecule has 2 aliphatic rings. The van der Waals surface area contributed by atoms with E-state index in [1.54, 1.807) is 0 Å². The first kappa shape index (κ1) is 21.6.